The Labute approximate surface area is 127 Å². The van der Waals surface area contributed by atoms with E-state index < -0.39 is 6.10 Å². The Balaban J connectivity index is 2.12. The molecule has 0 aliphatic heterocycles. The fraction of sp³-hybridized carbons (Fsp3) is 0.538. The molecule has 0 amide bonds. The van der Waals surface area contributed by atoms with Crippen molar-refractivity contribution in [2.45, 2.75) is 26.0 Å². The highest BCUT2D eigenvalue weighted by atomic mass is 35.5. The van der Waals surface area contributed by atoms with Crippen molar-refractivity contribution in [1.29, 1.82) is 0 Å². The third kappa shape index (κ3) is 3.79. The molecule has 7 heteroatoms. The predicted molar refractivity (Wildman–Crippen MR) is 81.3 cm³/mol. The van der Waals surface area contributed by atoms with Gasteiger partial charge in [0.05, 0.1) is 34.2 Å². The molecule has 0 bridgehead atoms. The molecule has 1 unspecified atom stereocenters. The van der Waals surface area contributed by atoms with Gasteiger partial charge >= 0.3 is 0 Å². The van der Waals surface area contributed by atoms with E-state index in [-0.39, 0.29) is 0 Å². The van der Waals surface area contributed by atoms with Crippen LogP contribution in [0.3, 0.4) is 0 Å². The molecule has 2 aromatic rings. The summed E-state index contributed by atoms with van der Waals surface area (Å²) in [4.78, 5) is 6.44. The molecule has 1 atom stereocenters. The Bertz CT molecular complexity index is 566. The summed E-state index contributed by atoms with van der Waals surface area (Å²) in [5.74, 6) is 0. The molecule has 0 saturated heterocycles. The van der Waals surface area contributed by atoms with Gasteiger partial charge in [-0.2, -0.15) is 5.10 Å². The molecule has 0 fully saturated rings. The molecule has 110 valence electrons. The lowest BCUT2D eigenvalue weighted by Crippen LogP contribution is -2.21. The Morgan fingerprint density at radius 1 is 1.50 bits per heavy atom. The first kappa shape index (κ1) is 15.4. The molecule has 2 heterocycles. The largest absolute Gasteiger partial charge is 0.386 e. The van der Waals surface area contributed by atoms with E-state index in [1.165, 1.54) is 0 Å². The zero-order valence-corrected chi connectivity index (χ0v) is 13.4. The first-order chi connectivity index (χ1) is 9.47. The summed E-state index contributed by atoms with van der Waals surface area (Å²) in [5.41, 5.74) is 1.55. The van der Waals surface area contributed by atoms with E-state index in [1.54, 1.807) is 22.2 Å². The van der Waals surface area contributed by atoms with Crippen molar-refractivity contribution < 1.29 is 5.11 Å². The predicted octanol–water partition coefficient (Wildman–Crippen LogP) is 2.14. The van der Waals surface area contributed by atoms with Gasteiger partial charge < -0.3 is 10.0 Å². The van der Waals surface area contributed by atoms with Gasteiger partial charge in [0.2, 0.25) is 0 Å². The first-order valence-electron chi connectivity index (χ1n) is 6.42. The van der Waals surface area contributed by atoms with Crippen LogP contribution in [-0.2, 0) is 13.0 Å². The zero-order valence-electron chi connectivity index (χ0n) is 11.9. The van der Waals surface area contributed by atoms with Crippen LogP contribution in [0.5, 0.6) is 0 Å². The summed E-state index contributed by atoms with van der Waals surface area (Å²) < 4.78 is 1.77. The number of likely N-dealkylation sites (N-methyl/N-ethyl adjacent to an activating group) is 1. The topological polar surface area (TPSA) is 54.2 Å². The Hall–Kier alpha value is -0.950. The van der Waals surface area contributed by atoms with Crippen molar-refractivity contribution in [3.8, 4) is 0 Å². The van der Waals surface area contributed by atoms with E-state index in [0.717, 1.165) is 17.2 Å². The number of nitrogens with zero attached hydrogens (tertiary/aromatic N) is 4. The summed E-state index contributed by atoms with van der Waals surface area (Å²) >= 11 is 7.73. The number of hydrogen-bond acceptors (Lipinski definition) is 5. The Kier molecular flexibility index (Phi) is 5.15. The zero-order chi connectivity index (χ0) is 14.7. The van der Waals surface area contributed by atoms with Gasteiger partial charge in [0.15, 0.2) is 0 Å². The Morgan fingerprint density at radius 3 is 2.85 bits per heavy atom. The van der Waals surface area contributed by atoms with E-state index in [4.69, 9.17) is 11.6 Å². The number of hydrogen-bond donors (Lipinski definition) is 1. The summed E-state index contributed by atoms with van der Waals surface area (Å²) in [6.07, 6.45) is 1.36. The number of halogens is 1. The van der Waals surface area contributed by atoms with Crippen LogP contribution >= 0.6 is 22.9 Å². The Morgan fingerprint density at radius 2 is 2.25 bits per heavy atom. The lowest BCUT2D eigenvalue weighted by atomic mass is 10.1. The fourth-order valence-corrected chi connectivity index (χ4v) is 2.87. The van der Waals surface area contributed by atoms with Crippen molar-refractivity contribution in [3.63, 3.8) is 0 Å². The fourth-order valence-electron chi connectivity index (χ4n) is 1.97. The van der Waals surface area contributed by atoms with Gasteiger partial charge in [-0.3, -0.25) is 4.68 Å². The number of aryl methyl sites for hydroxylation is 1. The number of rotatable bonds is 6. The number of aromatic nitrogens is 3. The van der Waals surface area contributed by atoms with Crippen molar-refractivity contribution in [2.24, 2.45) is 0 Å². The lowest BCUT2D eigenvalue weighted by Gasteiger charge is -2.15. The monoisotopic (exact) mass is 314 g/mol. The normalized spacial score (nSPS) is 13.1. The van der Waals surface area contributed by atoms with Crippen molar-refractivity contribution in [3.05, 3.63) is 33.0 Å². The minimum Gasteiger partial charge on any atom is -0.386 e. The summed E-state index contributed by atoms with van der Waals surface area (Å²) in [6.45, 7) is 3.49. The number of thiazole rings is 1. The van der Waals surface area contributed by atoms with Gasteiger partial charge in [0.25, 0.3) is 0 Å². The van der Waals surface area contributed by atoms with Crippen LogP contribution in [-0.4, -0.2) is 45.4 Å². The van der Waals surface area contributed by atoms with Crippen LogP contribution < -0.4 is 0 Å². The molecule has 0 aromatic carbocycles. The molecule has 0 aliphatic carbocycles. The van der Waals surface area contributed by atoms with Crippen LogP contribution in [0.2, 0.25) is 5.02 Å². The van der Waals surface area contributed by atoms with E-state index >= 15 is 0 Å². The van der Waals surface area contributed by atoms with Gasteiger partial charge in [-0.15, -0.1) is 11.3 Å². The maximum absolute atomic E-state index is 10.4. The second-order valence-corrected chi connectivity index (χ2v) is 6.45. The molecule has 0 saturated carbocycles. The van der Waals surface area contributed by atoms with Crippen LogP contribution in [0.15, 0.2) is 11.6 Å². The lowest BCUT2D eigenvalue weighted by molar-refractivity contribution is 0.164. The van der Waals surface area contributed by atoms with E-state index in [1.807, 2.05) is 26.4 Å². The third-order valence-electron chi connectivity index (χ3n) is 2.98. The average Bonchev–Trinajstić information content (AvgIpc) is 2.93. The average molecular weight is 315 g/mol. The van der Waals surface area contributed by atoms with Crippen LogP contribution in [0.1, 0.15) is 22.5 Å². The highest BCUT2D eigenvalue weighted by Gasteiger charge is 2.19. The summed E-state index contributed by atoms with van der Waals surface area (Å²) in [6, 6.07) is 0. The molecular weight excluding hydrogens is 296 g/mol. The van der Waals surface area contributed by atoms with Gasteiger partial charge in [-0.25, -0.2) is 4.98 Å². The maximum Gasteiger partial charge on any atom is 0.103 e. The highest BCUT2D eigenvalue weighted by Crippen LogP contribution is 2.26. The van der Waals surface area contributed by atoms with Gasteiger partial charge in [-0.05, 0) is 21.0 Å². The molecule has 1 N–H and O–H groups in total. The highest BCUT2D eigenvalue weighted by molar-refractivity contribution is 7.09. The third-order valence-corrected chi connectivity index (χ3v) is 4.09. The van der Waals surface area contributed by atoms with E-state index in [9.17, 15) is 5.11 Å². The number of aliphatic hydroxyl groups excluding tert-OH is 1. The molecular formula is C13H19ClN4OS. The maximum atomic E-state index is 10.4. The smallest absolute Gasteiger partial charge is 0.103 e. The minimum absolute atomic E-state index is 0.456. The number of aliphatic hydroxyl groups is 1. The van der Waals surface area contributed by atoms with Gasteiger partial charge in [0, 0.05) is 18.3 Å². The molecule has 0 spiro atoms. The molecule has 2 aromatic heterocycles. The SMILES string of the molecule is Cc1nc(CC(O)c2c(Cl)cnn2CCN(C)C)cs1. The van der Waals surface area contributed by atoms with Crippen LogP contribution in [0.25, 0.3) is 0 Å². The summed E-state index contributed by atoms with van der Waals surface area (Å²) in [7, 11) is 4.00. The molecule has 2 rings (SSSR count). The van der Waals surface area contributed by atoms with E-state index in [2.05, 4.69) is 15.0 Å². The van der Waals surface area contributed by atoms with Crippen molar-refractivity contribution in [2.75, 3.05) is 20.6 Å². The van der Waals surface area contributed by atoms with Crippen LogP contribution in [0.4, 0.5) is 0 Å². The molecule has 0 radical (unpaired) electrons. The van der Waals surface area contributed by atoms with Crippen molar-refractivity contribution in [1.82, 2.24) is 19.7 Å². The second-order valence-electron chi connectivity index (χ2n) is 4.98. The van der Waals surface area contributed by atoms with Gasteiger partial charge in [0.1, 0.15) is 6.10 Å². The van der Waals surface area contributed by atoms with Crippen LogP contribution in [0, 0.1) is 6.92 Å². The molecule has 20 heavy (non-hydrogen) atoms. The van der Waals surface area contributed by atoms with E-state index in [0.29, 0.717) is 23.7 Å². The molecule has 0 aliphatic rings. The standard InChI is InChI=1S/C13H19ClN4OS/c1-9-16-10(8-20-9)6-12(19)13-11(14)7-15-18(13)5-4-17(2)3/h7-8,12,19H,4-6H2,1-3H3. The van der Waals surface area contributed by atoms with Gasteiger partial charge in [-0.1, -0.05) is 11.6 Å². The molecule has 5 nitrogen and oxygen atoms in total. The first-order valence-corrected chi connectivity index (χ1v) is 7.68. The van der Waals surface area contributed by atoms with Crippen molar-refractivity contribution >= 4 is 22.9 Å². The second kappa shape index (κ2) is 6.67. The quantitative estimate of drug-likeness (QED) is 0.887. The summed E-state index contributed by atoms with van der Waals surface area (Å²) in [5, 5.41) is 18.1. The minimum atomic E-state index is -0.686.